The Bertz CT molecular complexity index is 877. The van der Waals surface area contributed by atoms with Crippen molar-refractivity contribution >= 4 is 28.9 Å². The molecule has 0 saturated carbocycles. The summed E-state index contributed by atoms with van der Waals surface area (Å²) in [6.07, 6.45) is -3.83. The van der Waals surface area contributed by atoms with Gasteiger partial charge in [0.1, 0.15) is 11.9 Å². The molecule has 2 N–H and O–H groups in total. The molecule has 128 valence electrons. The van der Waals surface area contributed by atoms with Crippen molar-refractivity contribution in [1.82, 2.24) is 10.3 Å². The van der Waals surface area contributed by atoms with Gasteiger partial charge in [-0.1, -0.05) is 12.1 Å². The molecule has 0 unspecified atom stereocenters. The molecule has 0 radical (unpaired) electrons. The molecule has 0 bridgehead atoms. The quantitative estimate of drug-likeness (QED) is 0.629. The lowest BCUT2D eigenvalue weighted by Gasteiger charge is -2.12. The van der Waals surface area contributed by atoms with E-state index in [0.29, 0.717) is 6.07 Å². The number of alkyl halides is 3. The number of carbonyl (C=O) groups excluding carboxylic acids is 1. The molecular formula is C15H8F4N4OS. The Hall–Kier alpha value is -3.06. The van der Waals surface area contributed by atoms with E-state index in [2.05, 4.69) is 15.6 Å². The number of pyridine rings is 1. The number of amides is 1. The number of nitriles is 1. The fourth-order valence-corrected chi connectivity index (χ4v) is 2.03. The standard InChI is InChI=1S/C15H8F4N4OS/c16-11-4-2-1-3-9(11)13(24)23-14(25)22-8-5-10(15(17,18)19)12(6-20)21-7-8/h1-5,7H,(H2,22,23,24,25). The van der Waals surface area contributed by atoms with Gasteiger partial charge in [0.2, 0.25) is 0 Å². The van der Waals surface area contributed by atoms with Crippen LogP contribution in [0.1, 0.15) is 21.6 Å². The monoisotopic (exact) mass is 368 g/mol. The molecule has 2 aromatic rings. The van der Waals surface area contributed by atoms with Gasteiger partial charge < -0.3 is 5.32 Å². The maximum Gasteiger partial charge on any atom is 0.419 e. The first-order valence-corrected chi connectivity index (χ1v) is 6.97. The zero-order valence-electron chi connectivity index (χ0n) is 12.2. The van der Waals surface area contributed by atoms with Crippen molar-refractivity contribution in [3.8, 4) is 6.07 Å². The smallest absolute Gasteiger partial charge is 0.331 e. The summed E-state index contributed by atoms with van der Waals surface area (Å²) in [4.78, 5) is 15.3. The van der Waals surface area contributed by atoms with Crippen LogP contribution >= 0.6 is 12.2 Å². The van der Waals surface area contributed by atoms with E-state index >= 15 is 0 Å². The highest BCUT2D eigenvalue weighted by Crippen LogP contribution is 2.32. The van der Waals surface area contributed by atoms with E-state index in [1.165, 1.54) is 24.3 Å². The van der Waals surface area contributed by atoms with Crippen LogP contribution in [0.2, 0.25) is 0 Å². The Kier molecular flexibility index (Phi) is 5.29. The normalized spacial score (nSPS) is 10.7. The van der Waals surface area contributed by atoms with E-state index in [1.807, 2.05) is 0 Å². The van der Waals surface area contributed by atoms with E-state index < -0.39 is 29.2 Å². The molecule has 5 nitrogen and oxygen atoms in total. The summed E-state index contributed by atoms with van der Waals surface area (Å²) in [5.74, 6) is -1.64. The van der Waals surface area contributed by atoms with E-state index in [1.54, 1.807) is 0 Å². The zero-order valence-corrected chi connectivity index (χ0v) is 13.0. The van der Waals surface area contributed by atoms with E-state index in [9.17, 15) is 22.4 Å². The third kappa shape index (κ3) is 4.48. The van der Waals surface area contributed by atoms with E-state index in [0.717, 1.165) is 12.3 Å². The predicted octanol–water partition coefficient (Wildman–Crippen LogP) is 3.24. The third-order valence-corrected chi connectivity index (χ3v) is 3.11. The molecule has 0 spiro atoms. The van der Waals surface area contributed by atoms with Crippen molar-refractivity contribution in [3.05, 3.63) is 59.2 Å². The summed E-state index contributed by atoms with van der Waals surface area (Å²) >= 11 is 4.81. The molecule has 1 aromatic carbocycles. The van der Waals surface area contributed by atoms with Gasteiger partial charge in [-0.3, -0.25) is 10.1 Å². The summed E-state index contributed by atoms with van der Waals surface area (Å²) in [6.45, 7) is 0. The molecule has 25 heavy (non-hydrogen) atoms. The lowest BCUT2D eigenvalue weighted by molar-refractivity contribution is -0.138. The average molecular weight is 368 g/mol. The molecule has 1 heterocycles. The van der Waals surface area contributed by atoms with Crippen LogP contribution < -0.4 is 10.6 Å². The summed E-state index contributed by atoms with van der Waals surface area (Å²) in [7, 11) is 0. The summed E-state index contributed by atoms with van der Waals surface area (Å²) in [6, 6.07) is 7.10. The Morgan fingerprint density at radius 2 is 1.96 bits per heavy atom. The number of nitrogens with zero attached hydrogens (tertiary/aromatic N) is 2. The highest BCUT2D eigenvalue weighted by molar-refractivity contribution is 7.80. The number of nitrogens with one attached hydrogen (secondary N) is 2. The van der Waals surface area contributed by atoms with Crippen molar-refractivity contribution < 1.29 is 22.4 Å². The molecule has 0 aliphatic heterocycles. The van der Waals surface area contributed by atoms with Gasteiger partial charge >= 0.3 is 6.18 Å². The molecule has 0 atom stereocenters. The fraction of sp³-hybridized carbons (Fsp3) is 0.0667. The van der Waals surface area contributed by atoms with Crippen LogP contribution in [0.5, 0.6) is 0 Å². The molecular weight excluding hydrogens is 360 g/mol. The van der Waals surface area contributed by atoms with Gasteiger partial charge in [0.15, 0.2) is 10.8 Å². The lowest BCUT2D eigenvalue weighted by Crippen LogP contribution is -2.34. The second-order valence-corrected chi connectivity index (χ2v) is 5.03. The Balaban J connectivity index is 2.15. The highest BCUT2D eigenvalue weighted by Gasteiger charge is 2.34. The van der Waals surface area contributed by atoms with Crippen molar-refractivity contribution in [3.63, 3.8) is 0 Å². The van der Waals surface area contributed by atoms with Crippen molar-refractivity contribution in [1.29, 1.82) is 5.26 Å². The molecule has 0 aliphatic rings. The minimum atomic E-state index is -4.78. The second-order valence-electron chi connectivity index (χ2n) is 4.62. The van der Waals surface area contributed by atoms with E-state index in [-0.39, 0.29) is 16.4 Å². The molecule has 0 aliphatic carbocycles. The second kappa shape index (κ2) is 7.23. The first-order valence-electron chi connectivity index (χ1n) is 6.56. The Morgan fingerprint density at radius 1 is 1.28 bits per heavy atom. The number of carbonyl (C=O) groups is 1. The fourth-order valence-electron chi connectivity index (χ4n) is 1.82. The van der Waals surface area contributed by atoms with Gasteiger partial charge in [-0.2, -0.15) is 18.4 Å². The number of anilines is 1. The molecule has 10 heteroatoms. The van der Waals surface area contributed by atoms with Crippen molar-refractivity contribution in [2.24, 2.45) is 0 Å². The highest BCUT2D eigenvalue weighted by atomic mass is 32.1. The van der Waals surface area contributed by atoms with E-state index in [4.69, 9.17) is 17.5 Å². The summed E-state index contributed by atoms with van der Waals surface area (Å²) in [5, 5.41) is 12.8. The predicted molar refractivity (Wildman–Crippen MR) is 84.0 cm³/mol. The first kappa shape index (κ1) is 18.3. The molecule has 0 fully saturated rings. The topological polar surface area (TPSA) is 77.8 Å². The minimum absolute atomic E-state index is 0.190. The van der Waals surface area contributed by atoms with Gasteiger partial charge in [-0.15, -0.1) is 0 Å². The third-order valence-electron chi connectivity index (χ3n) is 2.90. The maximum atomic E-state index is 13.5. The Morgan fingerprint density at radius 3 is 2.56 bits per heavy atom. The van der Waals surface area contributed by atoms with Crippen LogP contribution in [0.25, 0.3) is 0 Å². The molecule has 1 aromatic heterocycles. The number of rotatable bonds is 2. The number of hydrogen-bond donors (Lipinski definition) is 2. The van der Waals surface area contributed by atoms with Crippen molar-refractivity contribution in [2.75, 3.05) is 5.32 Å². The SMILES string of the molecule is N#Cc1ncc(NC(=S)NC(=O)c2ccccc2F)cc1C(F)(F)F. The van der Waals surface area contributed by atoms with Gasteiger partial charge in [-0.05, 0) is 30.4 Å². The number of thiocarbonyl (C=S) groups is 1. The zero-order chi connectivity index (χ0) is 18.6. The largest absolute Gasteiger partial charge is 0.419 e. The average Bonchev–Trinajstić information content (AvgIpc) is 2.54. The number of halogens is 4. The summed E-state index contributed by atoms with van der Waals surface area (Å²) in [5.41, 5.74) is -2.51. The number of aromatic nitrogens is 1. The minimum Gasteiger partial charge on any atom is -0.331 e. The summed E-state index contributed by atoms with van der Waals surface area (Å²) < 4.78 is 52.1. The maximum absolute atomic E-state index is 13.5. The number of hydrogen-bond acceptors (Lipinski definition) is 4. The van der Waals surface area contributed by atoms with Crippen LogP contribution in [-0.4, -0.2) is 16.0 Å². The Labute approximate surface area is 144 Å². The van der Waals surface area contributed by atoms with Crippen LogP contribution in [0.3, 0.4) is 0 Å². The lowest BCUT2D eigenvalue weighted by atomic mass is 10.2. The molecule has 0 saturated heterocycles. The van der Waals surface area contributed by atoms with Crippen LogP contribution in [-0.2, 0) is 6.18 Å². The van der Waals surface area contributed by atoms with Crippen molar-refractivity contribution in [2.45, 2.75) is 6.18 Å². The number of benzene rings is 1. The molecule has 2 rings (SSSR count). The van der Waals surface area contributed by atoms with Crippen LogP contribution in [0.15, 0.2) is 36.5 Å². The molecule has 1 amide bonds. The van der Waals surface area contributed by atoms with Crippen LogP contribution in [0.4, 0.5) is 23.2 Å². The van der Waals surface area contributed by atoms with Gasteiger partial charge in [-0.25, -0.2) is 9.37 Å². The first-order chi connectivity index (χ1) is 11.7. The van der Waals surface area contributed by atoms with Gasteiger partial charge in [0.05, 0.1) is 23.0 Å². The van der Waals surface area contributed by atoms with Gasteiger partial charge in [0.25, 0.3) is 5.91 Å². The van der Waals surface area contributed by atoms with Crippen LogP contribution in [0, 0.1) is 17.1 Å². The van der Waals surface area contributed by atoms with Gasteiger partial charge in [0, 0.05) is 0 Å².